The summed E-state index contributed by atoms with van der Waals surface area (Å²) in [5, 5.41) is 8.68. The van der Waals surface area contributed by atoms with Gasteiger partial charge in [0, 0.05) is 10.9 Å². The van der Waals surface area contributed by atoms with Gasteiger partial charge >= 0.3 is 5.97 Å². The fourth-order valence-corrected chi connectivity index (χ4v) is 5.75. The lowest BCUT2D eigenvalue weighted by molar-refractivity contribution is -0.139. The van der Waals surface area contributed by atoms with Crippen LogP contribution in [0, 0.1) is 0 Å². The molecule has 0 bridgehead atoms. The number of sulfone groups is 1. The average Bonchev–Trinajstić information content (AvgIpc) is 3.01. The minimum absolute atomic E-state index is 0.0220. The Hall–Kier alpha value is -2.29. The minimum Gasteiger partial charge on any atom is -0.480 e. The Balaban J connectivity index is 1.77. The molecule has 1 saturated carbocycles. The molecule has 1 heterocycles. The zero-order chi connectivity index (χ0) is 18.7. The van der Waals surface area contributed by atoms with Crippen LogP contribution in [0.1, 0.15) is 11.5 Å². The number of benzene rings is 2. The third kappa shape index (κ3) is 2.37. The fourth-order valence-electron chi connectivity index (χ4n) is 3.39. The lowest BCUT2D eigenvalue weighted by Gasteiger charge is -2.07. The van der Waals surface area contributed by atoms with Crippen molar-refractivity contribution in [2.75, 3.05) is 6.79 Å². The molecular weight excluding hydrogens is 382 g/mol. The molecule has 0 aromatic heterocycles. The molecule has 1 aliphatic carbocycles. The Kier molecular flexibility index (Phi) is 3.69. The molecule has 1 fully saturated rings. The van der Waals surface area contributed by atoms with Gasteiger partial charge in [0.05, 0.1) is 4.90 Å². The molecule has 3 atom stereocenters. The first-order chi connectivity index (χ1) is 12.3. The number of rotatable bonds is 4. The van der Waals surface area contributed by atoms with Crippen molar-refractivity contribution in [1.29, 1.82) is 0 Å². The molecule has 1 aliphatic heterocycles. The van der Waals surface area contributed by atoms with E-state index in [1.807, 2.05) is 0 Å². The van der Waals surface area contributed by atoms with E-state index < -0.39 is 32.5 Å². The molecule has 3 N–H and O–H groups in total. The number of hydrogen-bond acceptors (Lipinski definition) is 6. The van der Waals surface area contributed by atoms with Gasteiger partial charge in [0.2, 0.25) is 6.79 Å². The quantitative estimate of drug-likeness (QED) is 0.810. The van der Waals surface area contributed by atoms with Crippen LogP contribution in [0.4, 0.5) is 0 Å². The average molecular weight is 396 g/mol. The van der Waals surface area contributed by atoms with Crippen LogP contribution in [-0.4, -0.2) is 37.1 Å². The van der Waals surface area contributed by atoms with Crippen molar-refractivity contribution < 1.29 is 27.8 Å². The first-order valence-corrected chi connectivity index (χ1v) is 9.60. The van der Waals surface area contributed by atoms with E-state index >= 15 is 0 Å². The Morgan fingerprint density at radius 3 is 2.46 bits per heavy atom. The van der Waals surface area contributed by atoms with Crippen LogP contribution in [0.3, 0.4) is 0 Å². The van der Waals surface area contributed by atoms with Gasteiger partial charge < -0.3 is 20.3 Å². The Bertz CT molecular complexity index is 1010. The zero-order valence-electron chi connectivity index (χ0n) is 13.3. The summed E-state index contributed by atoms with van der Waals surface area (Å²) in [4.78, 5) is 11.8. The standard InChI is InChI=1S/C17H14ClNO6S/c18-10-2-4-11(5-3-10)26(22,23)15-14(17(15,19)16(20)21)9-1-6-12-13(7-9)25-8-24-12/h1-7,14-15H,8,19H2,(H,20,21)/t14-,15-,17+/m0/s1. The molecule has 4 rings (SSSR count). The third-order valence-corrected chi connectivity index (χ3v) is 7.29. The van der Waals surface area contributed by atoms with Crippen LogP contribution in [-0.2, 0) is 14.6 Å². The van der Waals surface area contributed by atoms with E-state index in [1.54, 1.807) is 18.2 Å². The van der Waals surface area contributed by atoms with Crippen LogP contribution in [0.15, 0.2) is 47.4 Å². The minimum atomic E-state index is -3.98. The van der Waals surface area contributed by atoms with Gasteiger partial charge in [-0.15, -0.1) is 0 Å². The summed E-state index contributed by atoms with van der Waals surface area (Å²) in [5.41, 5.74) is 4.58. The maximum Gasteiger partial charge on any atom is 0.325 e. The summed E-state index contributed by atoms with van der Waals surface area (Å²) < 4.78 is 36.5. The highest BCUT2D eigenvalue weighted by Crippen LogP contribution is 2.56. The topological polar surface area (TPSA) is 116 Å². The lowest BCUT2D eigenvalue weighted by atomic mass is 10.1. The van der Waals surface area contributed by atoms with E-state index in [-0.39, 0.29) is 11.7 Å². The summed E-state index contributed by atoms with van der Waals surface area (Å²) in [6.07, 6.45) is 0. The number of aliphatic carboxylic acids is 1. The van der Waals surface area contributed by atoms with E-state index in [0.717, 1.165) is 0 Å². The molecule has 9 heteroatoms. The lowest BCUT2D eigenvalue weighted by Crippen LogP contribution is -2.39. The molecule has 2 aromatic carbocycles. The van der Waals surface area contributed by atoms with Gasteiger partial charge in [0.25, 0.3) is 0 Å². The highest BCUT2D eigenvalue weighted by atomic mass is 35.5. The molecule has 2 aliphatic rings. The molecule has 0 spiro atoms. The van der Waals surface area contributed by atoms with Gasteiger partial charge in [-0.1, -0.05) is 17.7 Å². The van der Waals surface area contributed by atoms with Gasteiger partial charge in [-0.2, -0.15) is 0 Å². The van der Waals surface area contributed by atoms with Crippen LogP contribution in [0.2, 0.25) is 5.02 Å². The van der Waals surface area contributed by atoms with Gasteiger partial charge in [-0.05, 0) is 42.0 Å². The largest absolute Gasteiger partial charge is 0.480 e. The van der Waals surface area contributed by atoms with Crippen LogP contribution in [0.25, 0.3) is 0 Å². The van der Waals surface area contributed by atoms with E-state index in [1.165, 1.54) is 24.3 Å². The van der Waals surface area contributed by atoms with Crippen molar-refractivity contribution in [1.82, 2.24) is 0 Å². The summed E-state index contributed by atoms with van der Waals surface area (Å²) in [6, 6.07) is 10.4. The predicted octanol–water partition coefficient (Wildman–Crippen LogP) is 1.79. The molecule has 0 amide bonds. The van der Waals surface area contributed by atoms with E-state index in [0.29, 0.717) is 22.1 Å². The SMILES string of the molecule is N[C@]1(C(=O)O)[C@@H](c2ccc3c(c2)OCO3)[C@@H]1S(=O)(=O)c1ccc(Cl)cc1. The normalized spacial score (nSPS) is 26.5. The predicted molar refractivity (Wildman–Crippen MR) is 92.3 cm³/mol. The maximum absolute atomic E-state index is 13.0. The number of carboxylic acid groups (broad SMARTS) is 1. The van der Waals surface area contributed by atoms with E-state index in [9.17, 15) is 18.3 Å². The maximum atomic E-state index is 13.0. The first kappa shape index (κ1) is 17.1. The van der Waals surface area contributed by atoms with Crippen molar-refractivity contribution in [3.63, 3.8) is 0 Å². The Labute approximate surface area is 154 Å². The first-order valence-electron chi connectivity index (χ1n) is 7.67. The molecule has 26 heavy (non-hydrogen) atoms. The van der Waals surface area contributed by atoms with Crippen molar-refractivity contribution in [2.24, 2.45) is 5.73 Å². The highest BCUT2D eigenvalue weighted by molar-refractivity contribution is 7.92. The second-order valence-corrected chi connectivity index (χ2v) is 8.75. The van der Waals surface area contributed by atoms with E-state index in [2.05, 4.69) is 0 Å². The zero-order valence-corrected chi connectivity index (χ0v) is 14.8. The van der Waals surface area contributed by atoms with Crippen molar-refractivity contribution in [3.05, 3.63) is 53.1 Å². The van der Waals surface area contributed by atoms with Gasteiger partial charge in [-0.3, -0.25) is 4.79 Å². The van der Waals surface area contributed by atoms with Gasteiger partial charge in [-0.25, -0.2) is 8.42 Å². The number of fused-ring (bicyclic) bond motifs is 1. The van der Waals surface area contributed by atoms with E-state index in [4.69, 9.17) is 26.8 Å². The summed E-state index contributed by atoms with van der Waals surface area (Å²) in [6.45, 7) is 0.0582. The molecular formula is C17H14ClNO6S. The van der Waals surface area contributed by atoms with Crippen LogP contribution < -0.4 is 15.2 Å². The number of ether oxygens (including phenoxy) is 2. The monoisotopic (exact) mass is 395 g/mol. The van der Waals surface area contributed by atoms with Gasteiger partial charge in [0.15, 0.2) is 21.3 Å². The molecule has 136 valence electrons. The van der Waals surface area contributed by atoms with Crippen LogP contribution in [0.5, 0.6) is 11.5 Å². The number of carbonyl (C=O) groups is 1. The fraction of sp³-hybridized carbons (Fsp3) is 0.235. The number of nitrogens with two attached hydrogens (primary N) is 1. The Morgan fingerprint density at radius 1 is 1.15 bits per heavy atom. The summed E-state index contributed by atoms with van der Waals surface area (Å²) >= 11 is 5.80. The van der Waals surface area contributed by atoms with Crippen molar-refractivity contribution in [2.45, 2.75) is 21.6 Å². The molecule has 0 saturated heterocycles. The van der Waals surface area contributed by atoms with Crippen molar-refractivity contribution >= 4 is 27.4 Å². The molecule has 7 nitrogen and oxygen atoms in total. The number of carboxylic acids is 1. The number of halogens is 1. The third-order valence-electron chi connectivity index (χ3n) is 4.78. The smallest absolute Gasteiger partial charge is 0.325 e. The van der Waals surface area contributed by atoms with Crippen molar-refractivity contribution in [3.8, 4) is 11.5 Å². The molecule has 2 aromatic rings. The van der Waals surface area contributed by atoms with Crippen LogP contribution >= 0.6 is 11.6 Å². The molecule has 0 radical (unpaired) electrons. The summed E-state index contributed by atoms with van der Waals surface area (Å²) in [7, 11) is -3.98. The van der Waals surface area contributed by atoms with Gasteiger partial charge in [0.1, 0.15) is 10.8 Å². The highest BCUT2D eigenvalue weighted by Gasteiger charge is 2.74. The number of hydrogen-bond donors (Lipinski definition) is 2. The Morgan fingerprint density at radius 2 is 1.81 bits per heavy atom. The molecule has 0 unspecified atom stereocenters. The second kappa shape index (κ2) is 5.60. The summed E-state index contributed by atoms with van der Waals surface area (Å²) in [5.74, 6) is -1.33. The second-order valence-electron chi connectivity index (χ2n) is 6.25.